The summed E-state index contributed by atoms with van der Waals surface area (Å²) in [5, 5.41) is 14.0. The van der Waals surface area contributed by atoms with Gasteiger partial charge < -0.3 is 25.4 Å². The van der Waals surface area contributed by atoms with Gasteiger partial charge >= 0.3 is 19.7 Å². The molecule has 2 rings (SSSR count). The van der Waals surface area contributed by atoms with E-state index >= 15 is 0 Å². The third-order valence-electron chi connectivity index (χ3n) is 4.60. The number of benzene rings is 2. The minimum absolute atomic E-state index is 0.00902. The molecule has 2 aromatic carbocycles. The maximum Gasteiger partial charge on any atom is 0.408 e. The molecule has 0 radical (unpaired) electrons. The number of ether oxygens (including phenoxy) is 1. The van der Waals surface area contributed by atoms with Crippen molar-refractivity contribution in [2.75, 3.05) is 0 Å². The highest BCUT2D eigenvalue weighted by Crippen LogP contribution is 2.47. The summed E-state index contributed by atoms with van der Waals surface area (Å²) < 4.78 is 22.6. The molecule has 1 unspecified atom stereocenters. The molecule has 0 heterocycles. The van der Waals surface area contributed by atoms with Crippen molar-refractivity contribution >= 4 is 25.6 Å². The van der Waals surface area contributed by atoms with Crippen LogP contribution in [0.1, 0.15) is 25.0 Å². The molecule has 0 aliphatic rings. The maximum absolute atomic E-state index is 12.6. The Kier molecular flexibility index (Phi) is 9.59. The molecular formula is C22H27N2O8P. The lowest BCUT2D eigenvalue weighted by Gasteiger charge is -2.24. The summed E-state index contributed by atoms with van der Waals surface area (Å²) in [5.74, 6) is -3.61. The van der Waals surface area contributed by atoms with Crippen LogP contribution < -0.4 is 10.6 Å². The Morgan fingerprint density at radius 3 is 2.03 bits per heavy atom. The van der Waals surface area contributed by atoms with E-state index in [-0.39, 0.29) is 13.0 Å². The number of alkyl carbamates (subject to hydrolysis) is 1. The summed E-state index contributed by atoms with van der Waals surface area (Å²) in [6.45, 7) is 2.58. The zero-order valence-electron chi connectivity index (χ0n) is 18.2. The van der Waals surface area contributed by atoms with Crippen LogP contribution in [-0.2, 0) is 36.4 Å². The Morgan fingerprint density at radius 2 is 1.48 bits per heavy atom. The minimum atomic E-state index is -4.57. The van der Waals surface area contributed by atoms with Crippen molar-refractivity contribution in [1.82, 2.24) is 10.6 Å². The average molecular weight is 478 g/mol. The molecule has 0 saturated heterocycles. The lowest BCUT2D eigenvalue weighted by atomic mass is 10.1. The molecule has 4 N–H and O–H groups in total. The standard InChI is InChI=1S/C22H27N2O8P/c1-15(23-22(28)31-14-18-11-7-4-8-12-18)20(25)24-16(2)33(29,30)32-19(21(26)27)13-17-9-5-3-6-10-17/h3-12,15-16,19H,13-14H2,1-2H3,(H,23,28)(H,24,25)(H,26,27)(H,29,30)/t15-,16+,19-/m0/s1. The van der Waals surface area contributed by atoms with E-state index < -0.39 is 43.5 Å². The van der Waals surface area contributed by atoms with Crippen LogP contribution in [0.5, 0.6) is 0 Å². The summed E-state index contributed by atoms with van der Waals surface area (Å²) >= 11 is 0. The zero-order chi connectivity index (χ0) is 24.4. The number of carbonyl (C=O) groups excluding carboxylic acids is 2. The van der Waals surface area contributed by atoms with Crippen molar-refractivity contribution < 1.29 is 38.2 Å². The smallest absolute Gasteiger partial charge is 0.408 e. The molecule has 11 heteroatoms. The molecule has 4 atom stereocenters. The van der Waals surface area contributed by atoms with Gasteiger partial charge in [-0.25, -0.2) is 9.59 Å². The number of hydrogen-bond donors (Lipinski definition) is 4. The number of hydrogen-bond acceptors (Lipinski definition) is 6. The van der Waals surface area contributed by atoms with Crippen molar-refractivity contribution in [3.63, 3.8) is 0 Å². The number of carboxylic acids is 1. The van der Waals surface area contributed by atoms with Crippen molar-refractivity contribution in [3.05, 3.63) is 71.8 Å². The second kappa shape index (κ2) is 12.2. The fourth-order valence-electron chi connectivity index (χ4n) is 2.69. The number of nitrogens with one attached hydrogen (secondary N) is 2. The summed E-state index contributed by atoms with van der Waals surface area (Å²) in [6.07, 6.45) is -2.57. The highest BCUT2D eigenvalue weighted by molar-refractivity contribution is 7.53. The van der Waals surface area contributed by atoms with Crippen molar-refractivity contribution in [2.45, 2.75) is 44.8 Å². The lowest BCUT2D eigenvalue weighted by molar-refractivity contribution is -0.145. The third kappa shape index (κ3) is 8.69. The SMILES string of the molecule is C[C@H](NC(=O)OCc1ccccc1)C(=O)N[C@@H](C)P(=O)(O)O[C@@H](Cc1ccccc1)C(=O)O. The second-order valence-corrected chi connectivity index (χ2v) is 9.41. The van der Waals surface area contributed by atoms with Gasteiger partial charge in [-0.05, 0) is 25.0 Å². The zero-order valence-corrected chi connectivity index (χ0v) is 19.1. The van der Waals surface area contributed by atoms with Crippen LogP contribution in [0.15, 0.2) is 60.7 Å². The molecular weight excluding hydrogens is 451 g/mol. The summed E-state index contributed by atoms with van der Waals surface area (Å²) in [5.41, 5.74) is 1.37. The largest absolute Gasteiger partial charge is 0.479 e. The van der Waals surface area contributed by atoms with Gasteiger partial charge in [0.2, 0.25) is 5.91 Å². The van der Waals surface area contributed by atoms with Crippen molar-refractivity contribution in [2.24, 2.45) is 0 Å². The van der Waals surface area contributed by atoms with E-state index in [0.717, 1.165) is 5.56 Å². The highest BCUT2D eigenvalue weighted by Gasteiger charge is 2.36. The van der Waals surface area contributed by atoms with Crippen LogP contribution in [0.3, 0.4) is 0 Å². The van der Waals surface area contributed by atoms with Gasteiger partial charge in [0.25, 0.3) is 0 Å². The first-order valence-electron chi connectivity index (χ1n) is 10.1. The number of rotatable bonds is 11. The predicted molar refractivity (Wildman–Crippen MR) is 119 cm³/mol. The molecule has 0 bridgehead atoms. The molecule has 0 aliphatic carbocycles. The lowest BCUT2D eigenvalue weighted by Crippen LogP contribution is -2.47. The topological polar surface area (TPSA) is 151 Å². The monoisotopic (exact) mass is 478 g/mol. The van der Waals surface area contributed by atoms with Gasteiger partial charge in [-0.15, -0.1) is 0 Å². The molecule has 0 aromatic heterocycles. The first-order chi connectivity index (χ1) is 15.6. The molecule has 0 aliphatic heterocycles. The van der Waals surface area contributed by atoms with Crippen molar-refractivity contribution in [1.29, 1.82) is 0 Å². The van der Waals surface area contributed by atoms with Gasteiger partial charge in [0.1, 0.15) is 18.4 Å². The predicted octanol–water partition coefficient (Wildman–Crippen LogP) is 2.66. The fraction of sp³-hybridized carbons (Fsp3) is 0.318. The van der Waals surface area contributed by atoms with E-state index in [9.17, 15) is 28.9 Å². The summed E-state index contributed by atoms with van der Waals surface area (Å²) in [4.78, 5) is 46.0. The number of carbonyl (C=O) groups is 3. The molecule has 2 aromatic rings. The maximum atomic E-state index is 12.6. The summed E-state index contributed by atoms with van der Waals surface area (Å²) in [7, 11) is -4.57. The Morgan fingerprint density at radius 1 is 0.939 bits per heavy atom. The Hall–Kier alpha value is -3.20. The molecule has 178 valence electrons. The molecule has 2 amide bonds. The quantitative estimate of drug-likeness (QED) is 0.360. The fourth-order valence-corrected chi connectivity index (χ4v) is 3.69. The van der Waals surface area contributed by atoms with Crippen LogP contribution in [-0.4, -0.2) is 45.9 Å². The molecule has 10 nitrogen and oxygen atoms in total. The van der Waals surface area contributed by atoms with Gasteiger partial charge in [0.15, 0.2) is 6.10 Å². The minimum Gasteiger partial charge on any atom is -0.479 e. The number of carboxylic acid groups (broad SMARTS) is 1. The van der Waals surface area contributed by atoms with E-state index in [1.165, 1.54) is 13.8 Å². The highest BCUT2D eigenvalue weighted by atomic mass is 31.2. The Labute approximate surface area is 191 Å². The van der Waals surface area contributed by atoms with E-state index in [1.54, 1.807) is 54.6 Å². The number of amides is 2. The van der Waals surface area contributed by atoms with Gasteiger partial charge in [-0.3, -0.25) is 13.9 Å². The van der Waals surface area contributed by atoms with E-state index in [4.69, 9.17) is 9.26 Å². The van der Waals surface area contributed by atoms with Crippen molar-refractivity contribution in [3.8, 4) is 0 Å². The van der Waals surface area contributed by atoms with E-state index in [0.29, 0.717) is 5.56 Å². The van der Waals surface area contributed by atoms with Gasteiger partial charge in [-0.1, -0.05) is 60.7 Å². The van der Waals surface area contributed by atoms with Gasteiger partial charge in [0, 0.05) is 6.42 Å². The molecule has 0 spiro atoms. The first-order valence-corrected chi connectivity index (χ1v) is 11.8. The number of aliphatic carboxylic acids is 1. The normalized spacial score (nSPS) is 15.4. The first kappa shape index (κ1) is 26.1. The average Bonchev–Trinajstić information content (AvgIpc) is 2.78. The summed E-state index contributed by atoms with van der Waals surface area (Å²) in [6, 6.07) is 16.3. The van der Waals surface area contributed by atoms with Crippen LogP contribution >= 0.6 is 7.60 Å². The van der Waals surface area contributed by atoms with Gasteiger partial charge in [-0.2, -0.15) is 0 Å². The molecule has 33 heavy (non-hydrogen) atoms. The van der Waals surface area contributed by atoms with E-state index in [1.807, 2.05) is 6.07 Å². The third-order valence-corrected chi connectivity index (χ3v) is 6.26. The van der Waals surface area contributed by atoms with Gasteiger partial charge in [0.05, 0.1) is 0 Å². The second-order valence-electron chi connectivity index (χ2n) is 7.30. The molecule has 0 saturated carbocycles. The van der Waals surface area contributed by atoms with Crippen LogP contribution in [0, 0.1) is 0 Å². The Bertz CT molecular complexity index is 986. The van der Waals surface area contributed by atoms with E-state index in [2.05, 4.69) is 10.6 Å². The molecule has 0 fully saturated rings. The van der Waals surface area contributed by atoms with Crippen LogP contribution in [0.4, 0.5) is 4.79 Å². The van der Waals surface area contributed by atoms with Crippen LogP contribution in [0.25, 0.3) is 0 Å². The van der Waals surface area contributed by atoms with Crippen LogP contribution in [0.2, 0.25) is 0 Å². The Balaban J connectivity index is 1.88.